The van der Waals surface area contributed by atoms with Gasteiger partial charge in [-0.1, -0.05) is 17.7 Å². The van der Waals surface area contributed by atoms with Crippen LogP contribution in [0.25, 0.3) is 10.2 Å². The van der Waals surface area contributed by atoms with E-state index in [9.17, 15) is 4.79 Å². The number of amides is 1. The van der Waals surface area contributed by atoms with Crippen molar-refractivity contribution in [3.63, 3.8) is 0 Å². The predicted molar refractivity (Wildman–Crippen MR) is 103 cm³/mol. The molecule has 1 amide bonds. The van der Waals surface area contributed by atoms with E-state index in [0.29, 0.717) is 21.5 Å². The van der Waals surface area contributed by atoms with Crippen LogP contribution in [-0.2, 0) is 0 Å². The molecule has 2 heterocycles. The van der Waals surface area contributed by atoms with Crippen molar-refractivity contribution < 1.29 is 4.79 Å². The lowest BCUT2D eigenvalue weighted by molar-refractivity contribution is 0.103. The van der Waals surface area contributed by atoms with Crippen molar-refractivity contribution in [1.82, 2.24) is 9.97 Å². The average Bonchev–Trinajstić information content (AvgIpc) is 3.35. The summed E-state index contributed by atoms with van der Waals surface area (Å²) in [6.07, 6.45) is 2.33. The number of nitrogens with one attached hydrogen (secondary N) is 1. The average molecular weight is 372 g/mol. The van der Waals surface area contributed by atoms with Crippen LogP contribution >= 0.6 is 22.9 Å². The van der Waals surface area contributed by atoms with Crippen LogP contribution in [0.5, 0.6) is 0 Å². The zero-order valence-corrected chi connectivity index (χ0v) is 15.9. The number of nitrogens with zero attached hydrogens (tertiary/aromatic N) is 2. The van der Waals surface area contributed by atoms with E-state index in [-0.39, 0.29) is 5.91 Å². The number of hydrogen-bond acceptors (Lipinski definition) is 4. The molecule has 6 heteroatoms. The Labute approximate surface area is 155 Å². The zero-order chi connectivity index (χ0) is 17.7. The fourth-order valence-corrected chi connectivity index (χ4v) is 4.27. The van der Waals surface area contributed by atoms with Crippen LogP contribution in [0.15, 0.2) is 18.2 Å². The van der Waals surface area contributed by atoms with Gasteiger partial charge in [-0.25, -0.2) is 9.97 Å². The van der Waals surface area contributed by atoms with Gasteiger partial charge < -0.3 is 5.32 Å². The molecule has 2 aromatic heterocycles. The number of carbonyl (C=O) groups is 1. The molecule has 0 spiro atoms. The van der Waals surface area contributed by atoms with Crippen LogP contribution in [0.4, 0.5) is 5.69 Å². The molecular formula is C19H18ClN3OS. The third-order valence-corrected chi connectivity index (χ3v) is 6.16. The predicted octanol–water partition coefficient (Wildman–Crippen LogP) is 5.40. The van der Waals surface area contributed by atoms with Crippen molar-refractivity contribution in [2.75, 3.05) is 5.32 Å². The van der Waals surface area contributed by atoms with Crippen LogP contribution in [-0.4, -0.2) is 15.9 Å². The van der Waals surface area contributed by atoms with E-state index in [4.69, 9.17) is 16.6 Å². The molecule has 4 rings (SSSR count). The highest BCUT2D eigenvalue weighted by Gasteiger charge is 2.28. The molecule has 1 N–H and O–H groups in total. The normalized spacial score (nSPS) is 14.1. The van der Waals surface area contributed by atoms with Crippen molar-refractivity contribution in [3.05, 3.63) is 50.7 Å². The first-order valence-electron chi connectivity index (χ1n) is 8.29. The SMILES string of the molecule is Cc1ccc(NC(=O)c2sc3nc(C4CC4)nc(C)c3c2C)cc1Cl. The minimum absolute atomic E-state index is 0.132. The van der Waals surface area contributed by atoms with E-state index >= 15 is 0 Å². The van der Waals surface area contributed by atoms with Gasteiger partial charge >= 0.3 is 0 Å². The molecule has 1 aliphatic carbocycles. The maximum absolute atomic E-state index is 12.8. The number of rotatable bonds is 3. The number of carbonyl (C=O) groups excluding carboxylic acids is 1. The molecule has 0 unspecified atom stereocenters. The molecule has 1 fully saturated rings. The number of anilines is 1. The van der Waals surface area contributed by atoms with Crippen molar-refractivity contribution in [2.45, 2.75) is 39.5 Å². The monoisotopic (exact) mass is 371 g/mol. The van der Waals surface area contributed by atoms with Gasteiger partial charge in [0.25, 0.3) is 5.91 Å². The topological polar surface area (TPSA) is 54.9 Å². The van der Waals surface area contributed by atoms with Crippen LogP contribution in [0, 0.1) is 20.8 Å². The second-order valence-electron chi connectivity index (χ2n) is 6.60. The largest absolute Gasteiger partial charge is 0.321 e. The second-order valence-corrected chi connectivity index (χ2v) is 8.00. The number of aromatic nitrogens is 2. The third kappa shape index (κ3) is 3.02. The summed E-state index contributed by atoms with van der Waals surface area (Å²) < 4.78 is 0. The summed E-state index contributed by atoms with van der Waals surface area (Å²) in [6.45, 7) is 5.89. The molecule has 1 aliphatic rings. The lowest BCUT2D eigenvalue weighted by atomic mass is 10.1. The highest BCUT2D eigenvalue weighted by molar-refractivity contribution is 7.20. The molecule has 128 valence electrons. The molecule has 1 aromatic carbocycles. The first-order valence-corrected chi connectivity index (χ1v) is 9.48. The zero-order valence-electron chi connectivity index (χ0n) is 14.3. The molecule has 1 saturated carbocycles. The van der Waals surface area contributed by atoms with Gasteiger partial charge in [0.2, 0.25) is 0 Å². The molecule has 4 nitrogen and oxygen atoms in total. The first kappa shape index (κ1) is 16.5. The maximum atomic E-state index is 12.8. The minimum Gasteiger partial charge on any atom is -0.321 e. The first-order chi connectivity index (χ1) is 11.9. The molecule has 25 heavy (non-hydrogen) atoms. The fraction of sp³-hybridized carbons (Fsp3) is 0.316. The Bertz CT molecular complexity index is 1010. The molecule has 3 aromatic rings. The maximum Gasteiger partial charge on any atom is 0.266 e. The quantitative estimate of drug-likeness (QED) is 0.670. The van der Waals surface area contributed by atoms with Crippen LogP contribution in [0.3, 0.4) is 0 Å². The standard InChI is InChI=1S/C19H18ClN3OS/c1-9-4-7-13(8-14(9)20)22-18(24)16-10(2)15-11(3)21-17(12-5-6-12)23-19(15)25-16/h4,7-8,12H,5-6H2,1-3H3,(H,22,24). The number of hydrogen-bond donors (Lipinski definition) is 1. The van der Waals surface area contributed by atoms with Crippen LogP contribution in [0.1, 0.15) is 51.1 Å². The highest BCUT2D eigenvalue weighted by Crippen LogP contribution is 2.40. The van der Waals surface area contributed by atoms with E-state index in [0.717, 1.165) is 45.7 Å². The van der Waals surface area contributed by atoms with E-state index in [1.54, 1.807) is 6.07 Å². The second kappa shape index (κ2) is 6.07. The summed E-state index contributed by atoms with van der Waals surface area (Å²) in [5.41, 5.74) is 3.57. The Hall–Kier alpha value is -1.98. The number of aryl methyl sites for hydroxylation is 3. The lowest BCUT2D eigenvalue weighted by Crippen LogP contribution is -2.11. The minimum atomic E-state index is -0.132. The van der Waals surface area contributed by atoms with Gasteiger partial charge in [0.05, 0.1) is 10.6 Å². The van der Waals surface area contributed by atoms with E-state index in [2.05, 4.69) is 10.3 Å². The summed E-state index contributed by atoms with van der Waals surface area (Å²) >= 11 is 7.58. The molecule has 0 radical (unpaired) electrons. The molecule has 0 atom stereocenters. The van der Waals surface area contributed by atoms with E-state index in [1.807, 2.05) is 32.9 Å². The fourth-order valence-electron chi connectivity index (χ4n) is 2.96. The van der Waals surface area contributed by atoms with Crippen molar-refractivity contribution in [1.29, 1.82) is 0 Å². The Morgan fingerprint density at radius 1 is 1.24 bits per heavy atom. The van der Waals surface area contributed by atoms with Crippen LogP contribution < -0.4 is 5.32 Å². The number of fused-ring (bicyclic) bond motifs is 1. The van der Waals surface area contributed by atoms with Gasteiger partial charge in [0.15, 0.2) is 0 Å². The summed E-state index contributed by atoms with van der Waals surface area (Å²) in [7, 11) is 0. The van der Waals surface area contributed by atoms with Gasteiger partial charge in [-0.3, -0.25) is 4.79 Å². The van der Waals surface area contributed by atoms with E-state index < -0.39 is 0 Å². The third-order valence-electron chi connectivity index (χ3n) is 4.57. The van der Waals surface area contributed by atoms with Gasteiger partial charge in [-0.15, -0.1) is 11.3 Å². The van der Waals surface area contributed by atoms with Crippen LogP contribution in [0.2, 0.25) is 5.02 Å². The van der Waals surface area contributed by atoms with Crippen molar-refractivity contribution >= 4 is 44.7 Å². The van der Waals surface area contributed by atoms with Gasteiger partial charge in [0, 0.05) is 22.0 Å². The Balaban J connectivity index is 1.70. The number of thiophene rings is 1. The van der Waals surface area contributed by atoms with Gasteiger partial charge in [-0.05, 0) is 56.9 Å². The summed E-state index contributed by atoms with van der Waals surface area (Å²) in [5.74, 6) is 1.29. The summed E-state index contributed by atoms with van der Waals surface area (Å²) in [4.78, 5) is 23.7. The number of halogens is 1. The molecule has 0 saturated heterocycles. The Kier molecular flexibility index (Phi) is 4.01. The van der Waals surface area contributed by atoms with Crippen molar-refractivity contribution in [3.8, 4) is 0 Å². The molecular weight excluding hydrogens is 354 g/mol. The van der Waals surface area contributed by atoms with Gasteiger partial charge in [0.1, 0.15) is 10.7 Å². The Morgan fingerprint density at radius 2 is 2.00 bits per heavy atom. The lowest BCUT2D eigenvalue weighted by Gasteiger charge is -2.06. The Morgan fingerprint density at radius 3 is 2.68 bits per heavy atom. The van der Waals surface area contributed by atoms with Crippen molar-refractivity contribution in [2.24, 2.45) is 0 Å². The smallest absolute Gasteiger partial charge is 0.266 e. The summed E-state index contributed by atoms with van der Waals surface area (Å²) in [6, 6.07) is 5.53. The molecule has 0 aliphatic heterocycles. The number of benzene rings is 1. The summed E-state index contributed by atoms with van der Waals surface area (Å²) in [5, 5.41) is 4.58. The van der Waals surface area contributed by atoms with E-state index in [1.165, 1.54) is 11.3 Å². The molecule has 0 bridgehead atoms. The van der Waals surface area contributed by atoms with Gasteiger partial charge in [-0.2, -0.15) is 0 Å². The highest BCUT2D eigenvalue weighted by atomic mass is 35.5.